The number of carbonyl (C=O) groups excluding carboxylic acids is 1. The monoisotopic (exact) mass is 329 g/mol. The SMILES string of the molecule is Cc1[nH]c2ccccc2c1CCNC(=O)NC1CCCC1(C)CO. The van der Waals surface area contributed by atoms with Gasteiger partial charge in [0.1, 0.15) is 0 Å². The van der Waals surface area contributed by atoms with Crippen molar-refractivity contribution >= 4 is 16.9 Å². The fourth-order valence-electron chi connectivity index (χ4n) is 3.84. The van der Waals surface area contributed by atoms with Gasteiger partial charge in [0.25, 0.3) is 0 Å². The predicted octanol–water partition coefficient (Wildman–Crippen LogP) is 2.87. The number of aryl methyl sites for hydroxylation is 1. The summed E-state index contributed by atoms with van der Waals surface area (Å²) in [6, 6.07) is 8.15. The van der Waals surface area contributed by atoms with Gasteiger partial charge in [-0.15, -0.1) is 0 Å². The fraction of sp³-hybridized carbons (Fsp3) is 0.526. The second-order valence-electron chi connectivity index (χ2n) is 7.18. The highest BCUT2D eigenvalue weighted by molar-refractivity contribution is 5.84. The molecule has 0 spiro atoms. The number of hydrogen-bond acceptors (Lipinski definition) is 2. The van der Waals surface area contributed by atoms with E-state index in [1.807, 2.05) is 19.1 Å². The Morgan fingerprint density at radius 3 is 3.00 bits per heavy atom. The van der Waals surface area contributed by atoms with E-state index in [9.17, 15) is 9.90 Å². The summed E-state index contributed by atoms with van der Waals surface area (Å²) >= 11 is 0. The highest BCUT2D eigenvalue weighted by Crippen LogP contribution is 2.37. The summed E-state index contributed by atoms with van der Waals surface area (Å²) in [5.41, 5.74) is 3.36. The first-order valence-corrected chi connectivity index (χ1v) is 8.75. The molecule has 1 aromatic heterocycles. The second-order valence-corrected chi connectivity index (χ2v) is 7.18. The van der Waals surface area contributed by atoms with Gasteiger partial charge in [-0.3, -0.25) is 0 Å². The zero-order chi connectivity index (χ0) is 17.2. The number of para-hydroxylation sites is 1. The first-order chi connectivity index (χ1) is 11.5. The molecular weight excluding hydrogens is 302 g/mol. The van der Waals surface area contributed by atoms with Crippen LogP contribution in [0, 0.1) is 12.3 Å². The number of nitrogens with one attached hydrogen (secondary N) is 3. The molecule has 5 heteroatoms. The standard InChI is InChI=1S/C19H27N3O2/c1-13-14(15-6-3-4-7-16(15)21-13)9-11-20-18(24)22-17-8-5-10-19(17,2)12-23/h3-4,6-7,17,21,23H,5,8-12H2,1-2H3,(H2,20,22,24). The van der Waals surface area contributed by atoms with Crippen molar-refractivity contribution in [3.63, 3.8) is 0 Å². The van der Waals surface area contributed by atoms with Crippen molar-refractivity contribution in [2.45, 2.75) is 45.6 Å². The van der Waals surface area contributed by atoms with Crippen LogP contribution in [0.3, 0.4) is 0 Å². The van der Waals surface area contributed by atoms with E-state index in [4.69, 9.17) is 0 Å². The average Bonchev–Trinajstić information content (AvgIpc) is 3.09. The normalized spacial score (nSPS) is 23.5. The van der Waals surface area contributed by atoms with Gasteiger partial charge in [0.15, 0.2) is 0 Å². The minimum absolute atomic E-state index is 0.0531. The fourth-order valence-corrected chi connectivity index (χ4v) is 3.84. The summed E-state index contributed by atoms with van der Waals surface area (Å²) in [5, 5.41) is 16.8. The number of aliphatic hydroxyl groups is 1. The molecule has 1 aliphatic carbocycles. The van der Waals surface area contributed by atoms with E-state index in [0.29, 0.717) is 6.54 Å². The van der Waals surface area contributed by atoms with Crippen LogP contribution in [0.25, 0.3) is 10.9 Å². The molecule has 0 bridgehead atoms. The van der Waals surface area contributed by atoms with E-state index >= 15 is 0 Å². The van der Waals surface area contributed by atoms with Crippen molar-refractivity contribution in [3.05, 3.63) is 35.5 Å². The first kappa shape index (κ1) is 16.8. The van der Waals surface area contributed by atoms with Crippen LogP contribution in [0.1, 0.15) is 37.4 Å². The Hall–Kier alpha value is -2.01. The van der Waals surface area contributed by atoms with Crippen LogP contribution in [0.2, 0.25) is 0 Å². The van der Waals surface area contributed by atoms with Crippen LogP contribution in [0.15, 0.2) is 24.3 Å². The Balaban J connectivity index is 1.54. The van der Waals surface area contributed by atoms with E-state index in [1.54, 1.807) is 0 Å². The number of amides is 2. The zero-order valence-corrected chi connectivity index (χ0v) is 14.5. The Morgan fingerprint density at radius 1 is 1.42 bits per heavy atom. The van der Waals surface area contributed by atoms with E-state index in [2.05, 4.69) is 34.7 Å². The number of rotatable bonds is 5. The molecular formula is C19H27N3O2. The minimum atomic E-state index is -0.190. The third-order valence-corrected chi connectivity index (χ3v) is 5.44. The van der Waals surface area contributed by atoms with E-state index in [0.717, 1.165) is 36.9 Å². The lowest BCUT2D eigenvalue weighted by atomic mass is 9.86. The summed E-state index contributed by atoms with van der Waals surface area (Å²) in [4.78, 5) is 15.6. The maximum absolute atomic E-state index is 12.2. The van der Waals surface area contributed by atoms with E-state index < -0.39 is 0 Å². The van der Waals surface area contributed by atoms with Crippen LogP contribution in [0.5, 0.6) is 0 Å². The van der Waals surface area contributed by atoms with Crippen molar-refractivity contribution in [2.24, 2.45) is 5.41 Å². The lowest BCUT2D eigenvalue weighted by Gasteiger charge is -2.30. The zero-order valence-electron chi connectivity index (χ0n) is 14.5. The molecule has 2 amide bonds. The van der Waals surface area contributed by atoms with Gasteiger partial charge in [0.2, 0.25) is 0 Å². The molecule has 1 aromatic carbocycles. The number of urea groups is 1. The molecule has 1 saturated carbocycles. The van der Waals surface area contributed by atoms with Crippen molar-refractivity contribution in [3.8, 4) is 0 Å². The van der Waals surface area contributed by atoms with Crippen LogP contribution < -0.4 is 10.6 Å². The largest absolute Gasteiger partial charge is 0.396 e. The topological polar surface area (TPSA) is 77.2 Å². The van der Waals surface area contributed by atoms with Gasteiger partial charge in [0.05, 0.1) is 6.61 Å². The number of hydrogen-bond donors (Lipinski definition) is 4. The van der Waals surface area contributed by atoms with Gasteiger partial charge in [0, 0.05) is 34.6 Å². The van der Waals surface area contributed by atoms with Crippen molar-refractivity contribution < 1.29 is 9.90 Å². The lowest BCUT2D eigenvalue weighted by molar-refractivity contribution is 0.121. The van der Waals surface area contributed by atoms with E-state index in [1.165, 1.54) is 10.9 Å². The number of H-pyrrole nitrogens is 1. The van der Waals surface area contributed by atoms with Crippen molar-refractivity contribution in [2.75, 3.05) is 13.2 Å². The Morgan fingerprint density at radius 2 is 2.21 bits per heavy atom. The van der Waals surface area contributed by atoms with Gasteiger partial charge in [-0.2, -0.15) is 0 Å². The van der Waals surface area contributed by atoms with Crippen LogP contribution in [-0.2, 0) is 6.42 Å². The molecule has 24 heavy (non-hydrogen) atoms. The minimum Gasteiger partial charge on any atom is -0.396 e. The molecule has 0 radical (unpaired) electrons. The van der Waals surface area contributed by atoms with Crippen molar-refractivity contribution in [1.29, 1.82) is 0 Å². The molecule has 0 saturated heterocycles. The molecule has 3 rings (SSSR count). The molecule has 130 valence electrons. The molecule has 1 heterocycles. The summed E-state index contributed by atoms with van der Waals surface area (Å²) in [6.45, 7) is 4.82. The smallest absolute Gasteiger partial charge is 0.315 e. The quantitative estimate of drug-likeness (QED) is 0.681. The Labute approximate surface area is 142 Å². The first-order valence-electron chi connectivity index (χ1n) is 8.75. The summed E-state index contributed by atoms with van der Waals surface area (Å²) in [6.07, 6.45) is 3.75. The number of carbonyl (C=O) groups is 1. The maximum Gasteiger partial charge on any atom is 0.315 e. The van der Waals surface area contributed by atoms with Crippen LogP contribution in [0.4, 0.5) is 4.79 Å². The van der Waals surface area contributed by atoms with Gasteiger partial charge in [-0.25, -0.2) is 4.79 Å². The molecule has 2 atom stereocenters. The van der Waals surface area contributed by atoms with Crippen LogP contribution in [-0.4, -0.2) is 35.3 Å². The number of aliphatic hydroxyl groups excluding tert-OH is 1. The van der Waals surface area contributed by atoms with E-state index in [-0.39, 0.29) is 24.1 Å². The highest BCUT2D eigenvalue weighted by atomic mass is 16.3. The molecule has 1 aliphatic rings. The lowest BCUT2D eigenvalue weighted by Crippen LogP contribution is -2.48. The molecule has 5 nitrogen and oxygen atoms in total. The average molecular weight is 329 g/mol. The maximum atomic E-state index is 12.2. The highest BCUT2D eigenvalue weighted by Gasteiger charge is 2.39. The Bertz CT molecular complexity index is 724. The van der Waals surface area contributed by atoms with Crippen LogP contribution >= 0.6 is 0 Å². The molecule has 0 aliphatic heterocycles. The Kier molecular flexibility index (Phi) is 4.81. The predicted molar refractivity (Wildman–Crippen MR) is 96.1 cm³/mol. The van der Waals surface area contributed by atoms with Gasteiger partial charge in [-0.1, -0.05) is 31.5 Å². The third-order valence-electron chi connectivity index (χ3n) is 5.44. The third kappa shape index (κ3) is 3.26. The van der Waals surface area contributed by atoms with Gasteiger partial charge >= 0.3 is 6.03 Å². The van der Waals surface area contributed by atoms with Crippen molar-refractivity contribution in [1.82, 2.24) is 15.6 Å². The number of aromatic amines is 1. The van der Waals surface area contributed by atoms with Gasteiger partial charge < -0.3 is 20.7 Å². The number of benzene rings is 1. The molecule has 1 fully saturated rings. The summed E-state index contributed by atoms with van der Waals surface area (Å²) < 4.78 is 0. The second kappa shape index (κ2) is 6.85. The molecule has 4 N–H and O–H groups in total. The summed E-state index contributed by atoms with van der Waals surface area (Å²) in [5.74, 6) is 0. The molecule has 2 unspecified atom stereocenters. The number of aromatic nitrogens is 1. The summed E-state index contributed by atoms with van der Waals surface area (Å²) in [7, 11) is 0. The van der Waals surface area contributed by atoms with Gasteiger partial charge in [-0.05, 0) is 37.8 Å². The molecule has 2 aromatic rings. The number of fused-ring (bicyclic) bond motifs is 1.